The summed E-state index contributed by atoms with van der Waals surface area (Å²) in [5, 5.41) is 0. The number of thioether (sulfide) groups is 1. The minimum Gasteiger partial charge on any atom is -0.422 e. The van der Waals surface area contributed by atoms with Gasteiger partial charge in [0.1, 0.15) is 0 Å². The van der Waals surface area contributed by atoms with Crippen molar-refractivity contribution in [3.63, 3.8) is 0 Å². The van der Waals surface area contributed by atoms with Crippen molar-refractivity contribution in [3.05, 3.63) is 0 Å². The van der Waals surface area contributed by atoms with Crippen molar-refractivity contribution in [2.45, 2.75) is 26.2 Å². The highest BCUT2D eigenvalue weighted by Crippen LogP contribution is 2.07. The number of hydrogen-bond acceptors (Lipinski definition) is 3. The molecule has 0 heterocycles. The zero-order valence-corrected chi connectivity index (χ0v) is 8.00. The number of hydrogen-bond donors (Lipinski definition) is 0. The van der Waals surface area contributed by atoms with Crippen molar-refractivity contribution in [2.75, 3.05) is 5.75 Å². The Morgan fingerprint density at radius 3 is 2.67 bits per heavy atom. The molecular weight excluding hydrogens is 168 g/mol. The van der Waals surface area contributed by atoms with Crippen LogP contribution in [0.5, 0.6) is 0 Å². The molecule has 9 heavy (non-hydrogen) atoms. The molecule has 0 aromatic carbocycles. The third-order valence-corrected chi connectivity index (χ3v) is 2.40. The summed E-state index contributed by atoms with van der Waals surface area (Å²) in [4.78, 5) is 0. The summed E-state index contributed by atoms with van der Waals surface area (Å²) >= 11 is 11.1. The van der Waals surface area contributed by atoms with Gasteiger partial charge in [0.05, 0.1) is 0 Å². The van der Waals surface area contributed by atoms with E-state index >= 15 is 0 Å². The van der Waals surface area contributed by atoms with Gasteiger partial charge in [0.25, 0.3) is 0 Å². The van der Waals surface area contributed by atoms with Gasteiger partial charge < -0.3 is 24.8 Å². The highest BCUT2D eigenvalue weighted by molar-refractivity contribution is 8.36. The molecule has 0 unspecified atom stereocenters. The van der Waals surface area contributed by atoms with Crippen LogP contribution in [0.4, 0.5) is 0 Å². The van der Waals surface area contributed by atoms with Gasteiger partial charge in [-0.15, -0.1) is 11.8 Å². The van der Waals surface area contributed by atoms with Crippen LogP contribution in [0.25, 0.3) is 0 Å². The molecule has 0 aromatic rings. The molecule has 0 spiro atoms. The molecule has 0 bridgehead atoms. The molecule has 0 aliphatic carbocycles. The third kappa shape index (κ3) is 8.66. The molecule has 0 fully saturated rings. The van der Waals surface area contributed by atoms with Gasteiger partial charge in [0.2, 0.25) is 0 Å². The highest BCUT2D eigenvalue weighted by atomic mass is 32.2. The molecule has 0 aromatic heterocycles. The molecule has 0 nitrogen and oxygen atoms in total. The van der Waals surface area contributed by atoms with E-state index in [1.807, 2.05) is 0 Å². The van der Waals surface area contributed by atoms with Crippen LogP contribution in [-0.2, 0) is 12.6 Å². The Balaban J connectivity index is 2.83. The summed E-state index contributed by atoms with van der Waals surface area (Å²) in [6.45, 7) is 2.19. The highest BCUT2D eigenvalue weighted by Gasteiger charge is 1.84. The van der Waals surface area contributed by atoms with E-state index in [-0.39, 0.29) is 0 Å². The Bertz CT molecular complexity index is 80.4. The first-order chi connectivity index (χ1) is 4.27. The molecule has 0 N–H and O–H groups in total. The lowest BCUT2D eigenvalue weighted by atomic mass is 10.3. The van der Waals surface area contributed by atoms with Gasteiger partial charge in [-0.05, 0) is 12.2 Å². The smallest absolute Gasteiger partial charge is 0.00357 e. The Labute approximate surface area is 72.2 Å². The fraction of sp³-hybridized carbons (Fsp3) is 0.833. The molecular formula is C6H11S3-. The molecule has 54 valence electrons. The zero-order valence-electron chi connectivity index (χ0n) is 5.55. The van der Waals surface area contributed by atoms with Gasteiger partial charge in [0, 0.05) is 0 Å². The summed E-state index contributed by atoms with van der Waals surface area (Å²) in [6.07, 6.45) is 3.81. The van der Waals surface area contributed by atoms with Crippen molar-refractivity contribution in [1.29, 1.82) is 0 Å². The molecule has 0 amide bonds. The second-order valence-corrected chi connectivity index (χ2v) is 4.50. The first-order valence-electron chi connectivity index (χ1n) is 3.11. The van der Waals surface area contributed by atoms with E-state index in [1.54, 1.807) is 11.8 Å². The standard InChI is InChI=1S/C6H12S3/c1-2-3-4-5-9-6(7)8/h2-5H2,1H3,(H,7,8)/p-1. The zero-order chi connectivity index (χ0) is 7.11. The molecule has 0 rings (SSSR count). The first-order valence-corrected chi connectivity index (χ1v) is 4.91. The van der Waals surface area contributed by atoms with Crippen molar-refractivity contribution in [2.24, 2.45) is 0 Å². The lowest BCUT2D eigenvalue weighted by molar-refractivity contribution is 0.779. The Morgan fingerprint density at radius 2 is 2.22 bits per heavy atom. The predicted octanol–water partition coefficient (Wildman–Crippen LogP) is 2.74. The van der Waals surface area contributed by atoms with Crippen LogP contribution in [0.3, 0.4) is 0 Å². The maximum atomic E-state index is 4.72. The van der Waals surface area contributed by atoms with E-state index in [9.17, 15) is 0 Å². The van der Waals surface area contributed by atoms with Crippen LogP contribution in [0.2, 0.25) is 0 Å². The summed E-state index contributed by atoms with van der Waals surface area (Å²) in [5.74, 6) is 1.11. The average Bonchev–Trinajstić information content (AvgIpc) is 1.80. The number of unbranched alkanes of at least 4 members (excludes halogenated alkanes) is 2. The second-order valence-electron chi connectivity index (χ2n) is 1.81. The van der Waals surface area contributed by atoms with Gasteiger partial charge in [-0.1, -0.05) is 23.3 Å². The van der Waals surface area contributed by atoms with Crippen LogP contribution in [-0.4, -0.2) is 9.28 Å². The van der Waals surface area contributed by atoms with E-state index in [4.69, 9.17) is 24.8 Å². The quantitative estimate of drug-likeness (QED) is 0.370. The van der Waals surface area contributed by atoms with Gasteiger partial charge >= 0.3 is 0 Å². The van der Waals surface area contributed by atoms with Crippen LogP contribution in [0.1, 0.15) is 26.2 Å². The Hall–Kier alpha value is 0.660. The summed E-state index contributed by atoms with van der Waals surface area (Å²) in [5.41, 5.74) is 0. The molecule has 3 heteroatoms. The minimum absolute atomic E-state index is 0.658. The Kier molecular flexibility index (Phi) is 7.27. The normalized spacial score (nSPS) is 9.44. The minimum atomic E-state index is 0.658. The van der Waals surface area contributed by atoms with Crippen molar-refractivity contribution >= 4 is 40.1 Å². The van der Waals surface area contributed by atoms with Crippen LogP contribution < -0.4 is 0 Å². The van der Waals surface area contributed by atoms with Crippen molar-refractivity contribution in [3.8, 4) is 0 Å². The number of thiocarbonyl (C=S) groups is 1. The largest absolute Gasteiger partial charge is 0.422 e. The average molecular weight is 179 g/mol. The maximum Gasteiger partial charge on any atom is -0.00357 e. The van der Waals surface area contributed by atoms with E-state index in [0.717, 1.165) is 5.75 Å². The second kappa shape index (κ2) is 6.78. The van der Waals surface area contributed by atoms with Gasteiger partial charge in [0.15, 0.2) is 0 Å². The van der Waals surface area contributed by atoms with Gasteiger partial charge in [-0.3, -0.25) is 0 Å². The predicted molar refractivity (Wildman–Crippen MR) is 51.9 cm³/mol. The summed E-state index contributed by atoms with van der Waals surface area (Å²) in [7, 11) is 0. The van der Waals surface area contributed by atoms with E-state index < -0.39 is 0 Å². The molecule has 0 aliphatic rings. The molecule has 0 saturated carbocycles. The topological polar surface area (TPSA) is 0 Å². The Morgan fingerprint density at radius 1 is 1.56 bits per heavy atom. The lowest BCUT2D eigenvalue weighted by Gasteiger charge is -2.02. The van der Waals surface area contributed by atoms with E-state index in [0.29, 0.717) is 3.53 Å². The van der Waals surface area contributed by atoms with Crippen molar-refractivity contribution < 1.29 is 0 Å². The third-order valence-electron chi connectivity index (χ3n) is 0.968. The first kappa shape index (κ1) is 9.66. The molecule has 0 aliphatic heterocycles. The lowest BCUT2D eigenvalue weighted by Crippen LogP contribution is -1.83. The summed E-state index contributed by atoms with van der Waals surface area (Å²) < 4.78 is 0.658. The van der Waals surface area contributed by atoms with Crippen LogP contribution in [0.15, 0.2) is 0 Å². The van der Waals surface area contributed by atoms with E-state index in [1.165, 1.54) is 19.3 Å². The number of rotatable bonds is 4. The van der Waals surface area contributed by atoms with Gasteiger partial charge in [-0.25, -0.2) is 0 Å². The van der Waals surface area contributed by atoms with E-state index in [2.05, 4.69) is 6.92 Å². The SMILES string of the molecule is CCCCCSC(=S)[S-]. The molecule has 0 atom stereocenters. The van der Waals surface area contributed by atoms with Gasteiger partial charge in [-0.2, -0.15) is 0 Å². The summed E-state index contributed by atoms with van der Waals surface area (Å²) in [6, 6.07) is 0. The fourth-order valence-electron chi connectivity index (χ4n) is 0.508. The van der Waals surface area contributed by atoms with Crippen LogP contribution in [0, 0.1) is 0 Å². The molecule has 0 radical (unpaired) electrons. The van der Waals surface area contributed by atoms with Crippen molar-refractivity contribution in [1.82, 2.24) is 0 Å². The van der Waals surface area contributed by atoms with Crippen LogP contribution >= 0.6 is 24.0 Å². The fourth-order valence-corrected chi connectivity index (χ4v) is 1.52. The molecule has 0 saturated heterocycles. The monoisotopic (exact) mass is 179 g/mol. The maximum absolute atomic E-state index is 4.72.